The van der Waals surface area contributed by atoms with Crippen LogP contribution in [0.2, 0.25) is 0 Å². The topological polar surface area (TPSA) is 132 Å². The van der Waals surface area contributed by atoms with Gasteiger partial charge in [-0.3, -0.25) is 0 Å². The van der Waals surface area contributed by atoms with Crippen molar-refractivity contribution in [3.05, 3.63) is 72.8 Å². The van der Waals surface area contributed by atoms with Gasteiger partial charge in [-0.2, -0.15) is 4.31 Å². The Hall–Kier alpha value is -3.37. The molecule has 0 aromatic heterocycles. The van der Waals surface area contributed by atoms with Gasteiger partial charge in [0.05, 0.1) is 40.7 Å². The van der Waals surface area contributed by atoms with E-state index in [9.17, 15) is 30.9 Å². The van der Waals surface area contributed by atoms with Gasteiger partial charge in [-0.05, 0) is 48.5 Å². The molecule has 1 saturated heterocycles. The number of ether oxygens (including phenoxy) is 2. The van der Waals surface area contributed by atoms with Crippen LogP contribution in [0.15, 0.2) is 77.7 Å². The number of nitrogens with zero attached hydrogens (tertiary/aromatic N) is 2. The second kappa shape index (κ2) is 10.2. The maximum atomic E-state index is 13.4. The molecular formula is C25H25F3N4O6S2. The van der Waals surface area contributed by atoms with Gasteiger partial charge < -0.3 is 19.5 Å². The third-order valence-corrected chi connectivity index (χ3v) is 9.38. The van der Waals surface area contributed by atoms with Crippen molar-refractivity contribution in [2.24, 2.45) is 0 Å². The minimum Gasteiger partial charge on any atom is -0.453 e. The number of aliphatic hydroxyl groups is 1. The van der Waals surface area contributed by atoms with Crippen molar-refractivity contribution < 1.29 is 40.4 Å². The highest BCUT2D eigenvalue weighted by atomic mass is 32.2. The van der Waals surface area contributed by atoms with Crippen molar-refractivity contribution in [2.75, 3.05) is 24.2 Å². The first-order chi connectivity index (χ1) is 18.7. The van der Waals surface area contributed by atoms with Crippen LogP contribution in [0.5, 0.6) is 17.2 Å². The predicted molar refractivity (Wildman–Crippen MR) is 140 cm³/mol. The summed E-state index contributed by atoms with van der Waals surface area (Å²) in [6, 6.07) is 15.9. The molecule has 2 heterocycles. The summed E-state index contributed by atoms with van der Waals surface area (Å²) in [7, 11) is -7.71. The molecular weight excluding hydrogens is 573 g/mol. The second-order valence-electron chi connectivity index (χ2n) is 9.35. The van der Waals surface area contributed by atoms with Crippen LogP contribution in [0.25, 0.3) is 0 Å². The van der Waals surface area contributed by atoms with Crippen molar-refractivity contribution in [2.45, 2.75) is 29.4 Å². The Bertz CT molecular complexity index is 1570. The largest absolute Gasteiger partial charge is 0.573 e. The molecule has 4 unspecified atom stereocenters. The molecule has 1 fully saturated rings. The highest BCUT2D eigenvalue weighted by Crippen LogP contribution is 2.48. The summed E-state index contributed by atoms with van der Waals surface area (Å²) in [5.41, 5.74) is 1.15. The SMILES string of the molecule is CS(=O)(=O)N1CC(NS(=N)(=O)c2ccc(OC(F)(F)F)cc2)C(O)C(N2c3ccccc3Oc3ccccc32)C1. The first kappa shape index (κ1) is 28.2. The van der Waals surface area contributed by atoms with Gasteiger partial charge in [0.15, 0.2) is 11.5 Å². The third kappa shape index (κ3) is 5.74. The molecule has 0 saturated carbocycles. The third-order valence-electron chi connectivity index (χ3n) is 6.57. The van der Waals surface area contributed by atoms with E-state index in [4.69, 9.17) is 9.52 Å². The number of piperidine rings is 1. The van der Waals surface area contributed by atoms with E-state index >= 15 is 0 Å². The molecule has 3 N–H and O–H groups in total. The zero-order chi connectivity index (χ0) is 28.9. The van der Waals surface area contributed by atoms with Crippen LogP contribution in [0.3, 0.4) is 0 Å². The maximum Gasteiger partial charge on any atom is 0.573 e. The van der Waals surface area contributed by atoms with Crippen molar-refractivity contribution in [1.29, 1.82) is 4.78 Å². The molecule has 214 valence electrons. The van der Waals surface area contributed by atoms with Crippen LogP contribution in [0.4, 0.5) is 24.5 Å². The van der Waals surface area contributed by atoms with E-state index in [2.05, 4.69) is 9.46 Å². The quantitative estimate of drug-likeness (QED) is 0.393. The summed E-state index contributed by atoms with van der Waals surface area (Å²) in [5, 5.41) is 11.6. The molecule has 3 aromatic rings. The van der Waals surface area contributed by atoms with Crippen LogP contribution in [0, 0.1) is 4.78 Å². The van der Waals surface area contributed by atoms with E-state index < -0.39 is 50.2 Å². The minimum absolute atomic E-state index is 0.122. The lowest BCUT2D eigenvalue weighted by molar-refractivity contribution is -0.274. The number of fused-ring (bicyclic) bond motifs is 2. The first-order valence-corrected chi connectivity index (χ1v) is 15.3. The van der Waals surface area contributed by atoms with Crippen LogP contribution < -0.4 is 19.1 Å². The average molecular weight is 599 g/mol. The van der Waals surface area contributed by atoms with Gasteiger partial charge in [-0.15, -0.1) is 13.2 Å². The number of alkyl halides is 3. The number of rotatable bonds is 6. The Morgan fingerprint density at radius 1 is 0.950 bits per heavy atom. The highest BCUT2D eigenvalue weighted by Gasteiger charge is 2.45. The van der Waals surface area contributed by atoms with E-state index in [0.717, 1.165) is 34.8 Å². The summed E-state index contributed by atoms with van der Waals surface area (Å²) in [6.07, 6.45) is -5.25. The van der Waals surface area contributed by atoms with Crippen molar-refractivity contribution in [1.82, 2.24) is 9.03 Å². The zero-order valence-electron chi connectivity index (χ0n) is 20.9. The normalized spacial score (nSPS) is 22.9. The number of aliphatic hydroxyl groups excluding tert-OH is 1. The molecule has 0 amide bonds. The molecule has 3 aromatic carbocycles. The van der Waals surface area contributed by atoms with Gasteiger partial charge in [-0.25, -0.2) is 22.1 Å². The van der Waals surface area contributed by atoms with Crippen LogP contribution in [0.1, 0.15) is 0 Å². The number of halogens is 3. The highest BCUT2D eigenvalue weighted by molar-refractivity contribution is 7.90. The Balaban J connectivity index is 1.50. The van der Waals surface area contributed by atoms with Gasteiger partial charge in [0.2, 0.25) is 10.0 Å². The van der Waals surface area contributed by atoms with Crippen molar-refractivity contribution >= 4 is 31.3 Å². The van der Waals surface area contributed by atoms with Crippen molar-refractivity contribution in [3.8, 4) is 17.2 Å². The molecule has 15 heteroatoms. The van der Waals surface area contributed by atoms with E-state index in [0.29, 0.717) is 22.9 Å². The van der Waals surface area contributed by atoms with Crippen molar-refractivity contribution in [3.63, 3.8) is 0 Å². The van der Waals surface area contributed by atoms with Crippen LogP contribution in [-0.4, -0.2) is 65.9 Å². The molecule has 5 rings (SSSR count). The van der Waals surface area contributed by atoms with Gasteiger partial charge in [-0.1, -0.05) is 24.3 Å². The number of sulfonamides is 1. The summed E-state index contributed by atoms with van der Waals surface area (Å²) < 4.78 is 98.3. The number of para-hydroxylation sites is 4. The molecule has 0 aliphatic carbocycles. The fraction of sp³-hybridized carbons (Fsp3) is 0.280. The molecule has 40 heavy (non-hydrogen) atoms. The molecule has 0 bridgehead atoms. The van der Waals surface area contributed by atoms with Gasteiger partial charge in [0.25, 0.3) is 0 Å². The number of benzene rings is 3. The summed E-state index contributed by atoms with van der Waals surface area (Å²) in [4.78, 5) is 1.59. The van der Waals surface area contributed by atoms with E-state index in [1.54, 1.807) is 53.4 Å². The second-order valence-corrected chi connectivity index (χ2v) is 13.1. The number of hydrogen-bond acceptors (Lipinski definition) is 8. The van der Waals surface area contributed by atoms with Gasteiger partial charge >= 0.3 is 6.36 Å². The Morgan fingerprint density at radius 3 is 2.02 bits per heavy atom. The lowest BCUT2D eigenvalue weighted by atomic mass is 9.96. The monoisotopic (exact) mass is 598 g/mol. The number of nitrogens with one attached hydrogen (secondary N) is 2. The maximum absolute atomic E-state index is 13.4. The lowest BCUT2D eigenvalue weighted by Gasteiger charge is -2.47. The summed E-state index contributed by atoms with van der Waals surface area (Å²) in [5.74, 6) is 0.414. The minimum atomic E-state index is -4.92. The summed E-state index contributed by atoms with van der Waals surface area (Å²) in [6.45, 7) is -0.418. The fourth-order valence-electron chi connectivity index (χ4n) is 4.80. The molecule has 0 spiro atoms. The van der Waals surface area contributed by atoms with E-state index in [-0.39, 0.29) is 18.0 Å². The summed E-state index contributed by atoms with van der Waals surface area (Å²) >= 11 is 0. The van der Waals surface area contributed by atoms with E-state index in [1.165, 1.54) is 0 Å². The Labute approximate surface area is 229 Å². The molecule has 2 aliphatic rings. The number of anilines is 2. The standard InChI is InChI=1S/C25H25F3N4O6S2/c1-39(34,35)31-14-18(30-40(29,36)17-12-10-16(11-13-17)38-25(26,27)28)24(33)21(15-31)32-19-6-2-4-8-22(19)37-23-9-5-3-7-20(23)32/h2-13,18,21,24,33H,14-15H2,1H3,(H2,29,30,36). The smallest absolute Gasteiger partial charge is 0.453 e. The molecule has 2 aliphatic heterocycles. The van der Waals surface area contributed by atoms with Gasteiger partial charge in [0.1, 0.15) is 15.7 Å². The first-order valence-electron chi connectivity index (χ1n) is 11.9. The molecule has 10 nitrogen and oxygen atoms in total. The van der Waals surface area contributed by atoms with E-state index in [1.807, 2.05) is 0 Å². The fourth-order valence-corrected chi connectivity index (χ4v) is 6.95. The average Bonchev–Trinajstić information content (AvgIpc) is 2.87. The molecule has 0 radical (unpaired) electrons. The lowest BCUT2D eigenvalue weighted by Crippen LogP contribution is -2.65. The van der Waals surface area contributed by atoms with Crippen LogP contribution in [-0.2, 0) is 19.9 Å². The zero-order valence-corrected chi connectivity index (χ0v) is 22.5. The number of hydrogen-bond donors (Lipinski definition) is 3. The predicted octanol–water partition coefficient (Wildman–Crippen LogP) is 3.81. The van der Waals surface area contributed by atoms with Crippen LogP contribution >= 0.6 is 0 Å². The molecule has 4 atom stereocenters. The Morgan fingerprint density at radius 2 is 1.50 bits per heavy atom. The Kier molecular flexibility index (Phi) is 7.20. The van der Waals surface area contributed by atoms with Gasteiger partial charge in [0, 0.05) is 13.1 Å².